The van der Waals surface area contributed by atoms with Crippen LogP contribution in [0.15, 0.2) is 54.6 Å². The molecule has 0 aliphatic heterocycles. The summed E-state index contributed by atoms with van der Waals surface area (Å²) >= 11 is 0. The largest absolute Gasteiger partial charge is 0.573 e. The molecule has 1 atom stereocenters. The average molecular weight is 282 g/mol. The van der Waals surface area contributed by atoms with Crippen molar-refractivity contribution in [2.75, 3.05) is 0 Å². The third kappa shape index (κ3) is 4.28. The van der Waals surface area contributed by atoms with Crippen LogP contribution in [0.5, 0.6) is 5.75 Å². The number of aliphatic hydroxyl groups excluding tert-OH is 1. The highest BCUT2D eigenvalue weighted by Crippen LogP contribution is 2.25. The van der Waals surface area contributed by atoms with Gasteiger partial charge in [-0.05, 0) is 23.3 Å². The van der Waals surface area contributed by atoms with Gasteiger partial charge in [0.1, 0.15) is 5.75 Å². The Bertz CT molecular complexity index is 535. The van der Waals surface area contributed by atoms with E-state index in [0.717, 1.165) is 5.56 Å². The molecule has 0 aliphatic carbocycles. The second kappa shape index (κ2) is 5.96. The molecule has 1 unspecified atom stereocenters. The summed E-state index contributed by atoms with van der Waals surface area (Å²) < 4.78 is 39.8. The van der Waals surface area contributed by atoms with E-state index in [-0.39, 0.29) is 5.75 Å². The Hall–Kier alpha value is -2.01. The number of halogens is 3. The van der Waals surface area contributed by atoms with E-state index in [9.17, 15) is 18.3 Å². The summed E-state index contributed by atoms with van der Waals surface area (Å²) in [6.07, 6.45) is -5.07. The first kappa shape index (κ1) is 14.4. The molecule has 5 heteroatoms. The molecule has 106 valence electrons. The van der Waals surface area contributed by atoms with E-state index in [1.165, 1.54) is 24.3 Å². The van der Waals surface area contributed by atoms with E-state index in [2.05, 4.69) is 4.74 Å². The molecule has 20 heavy (non-hydrogen) atoms. The molecule has 0 fully saturated rings. The van der Waals surface area contributed by atoms with Crippen molar-refractivity contribution >= 4 is 0 Å². The SMILES string of the molecule is OC(Cc1ccccc1)c1ccc(OC(F)(F)F)cc1. The molecule has 0 aliphatic rings. The van der Waals surface area contributed by atoms with Crippen molar-refractivity contribution in [2.45, 2.75) is 18.9 Å². The highest BCUT2D eigenvalue weighted by molar-refractivity contribution is 5.29. The number of benzene rings is 2. The third-order valence-corrected chi connectivity index (χ3v) is 2.77. The molecule has 0 heterocycles. The summed E-state index contributed by atoms with van der Waals surface area (Å²) in [7, 11) is 0. The maximum absolute atomic E-state index is 12.0. The summed E-state index contributed by atoms with van der Waals surface area (Å²) in [6.45, 7) is 0. The number of hydrogen-bond acceptors (Lipinski definition) is 2. The van der Waals surface area contributed by atoms with Crippen LogP contribution in [0.2, 0.25) is 0 Å². The maximum atomic E-state index is 12.0. The van der Waals surface area contributed by atoms with Crippen LogP contribution in [-0.2, 0) is 6.42 Å². The minimum absolute atomic E-state index is 0.298. The summed E-state index contributed by atoms with van der Waals surface area (Å²) in [5.74, 6) is -0.298. The van der Waals surface area contributed by atoms with Crippen molar-refractivity contribution in [3.63, 3.8) is 0 Å². The summed E-state index contributed by atoms with van der Waals surface area (Å²) in [5.41, 5.74) is 1.50. The van der Waals surface area contributed by atoms with E-state index in [4.69, 9.17) is 0 Å². The molecule has 2 rings (SSSR count). The molecule has 0 spiro atoms. The van der Waals surface area contributed by atoms with E-state index >= 15 is 0 Å². The van der Waals surface area contributed by atoms with Crippen molar-refractivity contribution in [3.05, 3.63) is 65.7 Å². The van der Waals surface area contributed by atoms with Gasteiger partial charge in [-0.1, -0.05) is 42.5 Å². The van der Waals surface area contributed by atoms with Crippen molar-refractivity contribution < 1.29 is 23.0 Å². The van der Waals surface area contributed by atoms with Gasteiger partial charge >= 0.3 is 6.36 Å². The Morgan fingerprint density at radius 3 is 2.10 bits per heavy atom. The van der Waals surface area contributed by atoms with Gasteiger partial charge in [0.25, 0.3) is 0 Å². The van der Waals surface area contributed by atoms with Crippen LogP contribution in [0.4, 0.5) is 13.2 Å². The first-order valence-electron chi connectivity index (χ1n) is 6.02. The molecule has 2 nitrogen and oxygen atoms in total. The summed E-state index contributed by atoms with van der Waals surface area (Å²) in [5, 5.41) is 10.0. The van der Waals surface area contributed by atoms with Crippen molar-refractivity contribution in [1.82, 2.24) is 0 Å². The van der Waals surface area contributed by atoms with Gasteiger partial charge in [0.2, 0.25) is 0 Å². The Labute approximate surface area is 114 Å². The van der Waals surface area contributed by atoms with Gasteiger partial charge in [0, 0.05) is 6.42 Å². The second-order valence-corrected chi connectivity index (χ2v) is 4.32. The zero-order valence-corrected chi connectivity index (χ0v) is 10.5. The zero-order chi connectivity index (χ0) is 14.6. The fourth-order valence-corrected chi connectivity index (χ4v) is 1.85. The molecule has 2 aromatic rings. The first-order chi connectivity index (χ1) is 9.44. The molecular formula is C15H13F3O2. The molecule has 1 N–H and O–H groups in total. The molecular weight excluding hydrogens is 269 g/mol. The third-order valence-electron chi connectivity index (χ3n) is 2.77. The Kier molecular flexibility index (Phi) is 4.29. The lowest BCUT2D eigenvalue weighted by Crippen LogP contribution is -2.17. The monoisotopic (exact) mass is 282 g/mol. The Morgan fingerprint density at radius 1 is 0.950 bits per heavy atom. The van der Waals surface area contributed by atoms with Gasteiger partial charge in [-0.15, -0.1) is 13.2 Å². The molecule has 0 saturated carbocycles. The van der Waals surface area contributed by atoms with Gasteiger partial charge in [0.05, 0.1) is 6.10 Å². The van der Waals surface area contributed by atoms with Crippen molar-refractivity contribution in [1.29, 1.82) is 0 Å². The molecule has 0 radical (unpaired) electrons. The minimum atomic E-state index is -4.70. The maximum Gasteiger partial charge on any atom is 0.573 e. The van der Waals surface area contributed by atoms with Crippen LogP contribution in [-0.4, -0.2) is 11.5 Å². The number of rotatable bonds is 4. The van der Waals surface area contributed by atoms with Crippen molar-refractivity contribution in [2.24, 2.45) is 0 Å². The number of aliphatic hydroxyl groups is 1. The molecule has 0 saturated heterocycles. The summed E-state index contributed by atoms with van der Waals surface area (Å²) in [4.78, 5) is 0. The Balaban J connectivity index is 2.02. The van der Waals surface area contributed by atoms with Gasteiger partial charge in [-0.2, -0.15) is 0 Å². The first-order valence-corrected chi connectivity index (χ1v) is 6.02. The standard InChI is InChI=1S/C15H13F3O2/c16-15(17,18)20-13-8-6-12(7-9-13)14(19)10-11-4-2-1-3-5-11/h1-9,14,19H,10H2. The van der Waals surface area contributed by atoms with Crippen LogP contribution in [0.1, 0.15) is 17.2 Å². The molecule has 2 aromatic carbocycles. The van der Waals surface area contributed by atoms with Gasteiger partial charge < -0.3 is 9.84 Å². The fraction of sp³-hybridized carbons (Fsp3) is 0.200. The van der Waals surface area contributed by atoms with E-state index in [1.54, 1.807) is 0 Å². The predicted molar refractivity (Wildman–Crippen MR) is 68.2 cm³/mol. The fourth-order valence-electron chi connectivity index (χ4n) is 1.85. The number of ether oxygens (including phenoxy) is 1. The zero-order valence-electron chi connectivity index (χ0n) is 10.5. The van der Waals surface area contributed by atoms with Gasteiger partial charge in [0.15, 0.2) is 0 Å². The number of alkyl halides is 3. The van der Waals surface area contributed by atoms with Crippen LogP contribution < -0.4 is 4.74 Å². The highest BCUT2D eigenvalue weighted by atomic mass is 19.4. The average Bonchev–Trinajstić information content (AvgIpc) is 2.39. The molecule has 0 amide bonds. The lowest BCUT2D eigenvalue weighted by atomic mass is 10.0. The normalized spacial score (nSPS) is 13.0. The number of hydrogen-bond donors (Lipinski definition) is 1. The predicted octanol–water partition coefficient (Wildman–Crippen LogP) is 3.86. The summed E-state index contributed by atoms with van der Waals surface area (Å²) in [6, 6.07) is 14.6. The van der Waals surface area contributed by atoms with Crippen LogP contribution >= 0.6 is 0 Å². The lowest BCUT2D eigenvalue weighted by Gasteiger charge is -2.13. The van der Waals surface area contributed by atoms with E-state index in [0.29, 0.717) is 12.0 Å². The molecule has 0 aromatic heterocycles. The smallest absolute Gasteiger partial charge is 0.406 e. The second-order valence-electron chi connectivity index (χ2n) is 4.32. The van der Waals surface area contributed by atoms with Crippen LogP contribution in [0.25, 0.3) is 0 Å². The quantitative estimate of drug-likeness (QED) is 0.922. The van der Waals surface area contributed by atoms with Crippen LogP contribution in [0, 0.1) is 0 Å². The minimum Gasteiger partial charge on any atom is -0.406 e. The Morgan fingerprint density at radius 2 is 1.55 bits per heavy atom. The van der Waals surface area contributed by atoms with E-state index in [1.807, 2.05) is 30.3 Å². The van der Waals surface area contributed by atoms with Gasteiger partial charge in [-0.3, -0.25) is 0 Å². The lowest BCUT2D eigenvalue weighted by molar-refractivity contribution is -0.274. The van der Waals surface area contributed by atoms with Crippen LogP contribution in [0.3, 0.4) is 0 Å². The van der Waals surface area contributed by atoms with Gasteiger partial charge in [-0.25, -0.2) is 0 Å². The molecule has 0 bridgehead atoms. The topological polar surface area (TPSA) is 29.5 Å². The highest BCUT2D eigenvalue weighted by Gasteiger charge is 2.31. The van der Waals surface area contributed by atoms with Crippen molar-refractivity contribution in [3.8, 4) is 5.75 Å². The van der Waals surface area contributed by atoms with E-state index < -0.39 is 12.5 Å².